The number of amides is 1. The van der Waals surface area contributed by atoms with Crippen LogP contribution in [-0.2, 0) is 10.0 Å². The van der Waals surface area contributed by atoms with Crippen molar-refractivity contribution in [1.82, 2.24) is 5.32 Å². The fraction of sp³-hybridized carbons (Fsp3) is 0.316. The van der Waals surface area contributed by atoms with Crippen LogP contribution in [0, 0.1) is 6.92 Å². The van der Waals surface area contributed by atoms with Crippen LogP contribution in [0.25, 0.3) is 0 Å². The maximum Gasteiger partial charge on any atom is 0.262 e. The van der Waals surface area contributed by atoms with E-state index in [9.17, 15) is 13.2 Å². The van der Waals surface area contributed by atoms with Crippen molar-refractivity contribution in [3.63, 3.8) is 0 Å². The van der Waals surface area contributed by atoms with Gasteiger partial charge in [-0.2, -0.15) is 0 Å². The van der Waals surface area contributed by atoms with E-state index in [1.54, 1.807) is 57.2 Å². The molecule has 0 atom stereocenters. The summed E-state index contributed by atoms with van der Waals surface area (Å²) in [6, 6.07) is 11.1. The second-order valence-corrected chi connectivity index (χ2v) is 8.51. The second-order valence-electron chi connectivity index (χ2n) is 6.86. The number of anilines is 1. The topological polar surface area (TPSA) is 111 Å². The number of sulfonamides is 1. The number of methoxy groups -OCH3 is 1. The van der Waals surface area contributed by atoms with Crippen LogP contribution < -0.4 is 20.5 Å². The Hall–Kier alpha value is -2.58. The van der Waals surface area contributed by atoms with E-state index < -0.39 is 15.6 Å². The molecule has 7 nitrogen and oxygen atoms in total. The first-order valence-corrected chi connectivity index (χ1v) is 9.86. The second kappa shape index (κ2) is 7.98. The Kier molecular flexibility index (Phi) is 6.12. The van der Waals surface area contributed by atoms with Gasteiger partial charge in [-0.25, -0.2) is 8.42 Å². The zero-order valence-electron chi connectivity index (χ0n) is 15.9. The molecule has 0 heterocycles. The fourth-order valence-corrected chi connectivity index (χ4v) is 3.66. The lowest BCUT2D eigenvalue weighted by molar-refractivity contribution is 0.0915. The third-order valence-corrected chi connectivity index (χ3v) is 5.57. The van der Waals surface area contributed by atoms with Crippen LogP contribution >= 0.6 is 0 Å². The van der Waals surface area contributed by atoms with Gasteiger partial charge in [0, 0.05) is 23.3 Å². The van der Waals surface area contributed by atoms with E-state index in [0.717, 1.165) is 0 Å². The summed E-state index contributed by atoms with van der Waals surface area (Å²) < 4.78 is 33.2. The summed E-state index contributed by atoms with van der Waals surface area (Å²) in [7, 11) is -2.33. The van der Waals surface area contributed by atoms with Gasteiger partial charge in [0.1, 0.15) is 5.75 Å². The first-order valence-electron chi connectivity index (χ1n) is 8.38. The van der Waals surface area contributed by atoms with Crippen molar-refractivity contribution in [2.24, 2.45) is 5.73 Å². The Labute approximate surface area is 160 Å². The normalized spacial score (nSPS) is 11.7. The SMILES string of the molecule is COc1ccc(NS(=O)(=O)c2cc(C(=O)NC(C)(C)CN)ccc2C)cc1. The van der Waals surface area contributed by atoms with Crippen molar-refractivity contribution >= 4 is 21.6 Å². The van der Waals surface area contributed by atoms with E-state index in [1.807, 2.05) is 0 Å². The van der Waals surface area contributed by atoms with Gasteiger partial charge in [0.05, 0.1) is 12.0 Å². The summed E-state index contributed by atoms with van der Waals surface area (Å²) in [5.41, 5.74) is 6.22. The maximum atomic E-state index is 12.8. The minimum Gasteiger partial charge on any atom is -0.497 e. The summed E-state index contributed by atoms with van der Waals surface area (Å²) in [6.07, 6.45) is 0. The van der Waals surface area contributed by atoms with Crippen LogP contribution in [0.3, 0.4) is 0 Å². The minimum absolute atomic E-state index is 0.0384. The monoisotopic (exact) mass is 391 g/mol. The van der Waals surface area contributed by atoms with Crippen molar-refractivity contribution in [3.05, 3.63) is 53.6 Å². The van der Waals surface area contributed by atoms with Crippen LogP contribution in [0.1, 0.15) is 29.8 Å². The van der Waals surface area contributed by atoms with Crippen molar-refractivity contribution in [2.75, 3.05) is 18.4 Å². The number of benzene rings is 2. The van der Waals surface area contributed by atoms with Crippen molar-refractivity contribution in [3.8, 4) is 5.75 Å². The van der Waals surface area contributed by atoms with Gasteiger partial charge in [0.15, 0.2) is 0 Å². The van der Waals surface area contributed by atoms with E-state index in [0.29, 0.717) is 17.0 Å². The number of hydrogen-bond donors (Lipinski definition) is 3. The number of aryl methyl sites for hydroxylation is 1. The average molecular weight is 391 g/mol. The van der Waals surface area contributed by atoms with Gasteiger partial charge in [0.25, 0.3) is 15.9 Å². The molecule has 27 heavy (non-hydrogen) atoms. The van der Waals surface area contributed by atoms with E-state index in [4.69, 9.17) is 10.5 Å². The minimum atomic E-state index is -3.86. The number of carbonyl (C=O) groups is 1. The zero-order chi connectivity index (χ0) is 20.2. The lowest BCUT2D eigenvalue weighted by atomic mass is 10.0. The molecule has 0 fully saturated rings. The van der Waals surface area contributed by atoms with Crippen LogP contribution in [-0.4, -0.2) is 33.5 Å². The number of hydrogen-bond acceptors (Lipinski definition) is 5. The van der Waals surface area contributed by atoms with E-state index >= 15 is 0 Å². The molecule has 0 aliphatic heterocycles. The smallest absolute Gasteiger partial charge is 0.262 e. The molecular formula is C19H25N3O4S. The summed E-state index contributed by atoms with van der Waals surface area (Å²) in [6.45, 7) is 5.52. The van der Waals surface area contributed by atoms with Crippen molar-refractivity contribution < 1.29 is 17.9 Å². The van der Waals surface area contributed by atoms with E-state index in [2.05, 4.69) is 10.0 Å². The molecule has 8 heteroatoms. The molecule has 146 valence electrons. The molecule has 0 radical (unpaired) electrons. The summed E-state index contributed by atoms with van der Waals surface area (Å²) in [5, 5.41) is 2.79. The Morgan fingerprint density at radius 3 is 2.33 bits per heavy atom. The van der Waals surface area contributed by atoms with Crippen molar-refractivity contribution in [1.29, 1.82) is 0 Å². The third kappa shape index (κ3) is 5.21. The number of nitrogens with one attached hydrogen (secondary N) is 2. The highest BCUT2D eigenvalue weighted by Crippen LogP contribution is 2.22. The summed E-state index contributed by atoms with van der Waals surface area (Å²) >= 11 is 0. The molecule has 4 N–H and O–H groups in total. The predicted molar refractivity (Wildman–Crippen MR) is 106 cm³/mol. The molecule has 0 aliphatic carbocycles. The first-order chi connectivity index (χ1) is 12.6. The number of rotatable bonds is 7. The molecule has 0 spiro atoms. The zero-order valence-corrected chi connectivity index (χ0v) is 16.7. The number of ether oxygens (including phenoxy) is 1. The fourth-order valence-electron chi connectivity index (χ4n) is 2.33. The first kappa shape index (κ1) is 20.7. The van der Waals surface area contributed by atoms with E-state index in [1.165, 1.54) is 13.2 Å². The van der Waals surface area contributed by atoms with Gasteiger partial charge in [-0.3, -0.25) is 9.52 Å². The van der Waals surface area contributed by atoms with Crippen LogP contribution in [0.2, 0.25) is 0 Å². The molecule has 2 aromatic carbocycles. The van der Waals surface area contributed by atoms with Crippen LogP contribution in [0.4, 0.5) is 5.69 Å². The molecular weight excluding hydrogens is 366 g/mol. The molecule has 0 aromatic heterocycles. The van der Waals surface area contributed by atoms with E-state index in [-0.39, 0.29) is 22.9 Å². The standard InChI is InChI=1S/C19H25N3O4S/c1-13-5-6-14(18(23)21-19(2,3)12-20)11-17(13)27(24,25)22-15-7-9-16(26-4)10-8-15/h5-11,22H,12,20H2,1-4H3,(H,21,23). The highest BCUT2D eigenvalue weighted by atomic mass is 32.2. The molecule has 0 saturated heterocycles. The summed E-state index contributed by atoms with van der Waals surface area (Å²) in [4.78, 5) is 12.5. The Balaban J connectivity index is 2.31. The molecule has 0 bridgehead atoms. The number of nitrogens with two attached hydrogens (primary N) is 1. The Morgan fingerprint density at radius 1 is 1.15 bits per heavy atom. The quantitative estimate of drug-likeness (QED) is 0.671. The lowest BCUT2D eigenvalue weighted by Gasteiger charge is -2.24. The Bertz CT molecular complexity index is 922. The van der Waals surface area contributed by atoms with Crippen LogP contribution in [0.15, 0.2) is 47.4 Å². The average Bonchev–Trinajstić information content (AvgIpc) is 2.61. The maximum absolute atomic E-state index is 12.8. The largest absolute Gasteiger partial charge is 0.497 e. The molecule has 0 aliphatic rings. The molecule has 2 aromatic rings. The predicted octanol–water partition coefficient (Wildman–Crippen LogP) is 2.27. The molecule has 0 unspecified atom stereocenters. The van der Waals surface area contributed by atoms with Crippen molar-refractivity contribution in [2.45, 2.75) is 31.2 Å². The van der Waals surface area contributed by atoms with Gasteiger partial charge >= 0.3 is 0 Å². The molecule has 1 amide bonds. The lowest BCUT2D eigenvalue weighted by Crippen LogP contribution is -2.48. The molecule has 2 rings (SSSR count). The van der Waals surface area contributed by atoms with Gasteiger partial charge in [-0.05, 0) is 62.7 Å². The third-order valence-electron chi connectivity index (χ3n) is 4.04. The van der Waals surface area contributed by atoms with Gasteiger partial charge in [-0.1, -0.05) is 6.07 Å². The van der Waals surface area contributed by atoms with Gasteiger partial charge in [0.2, 0.25) is 0 Å². The highest BCUT2D eigenvalue weighted by Gasteiger charge is 2.22. The summed E-state index contributed by atoms with van der Waals surface area (Å²) in [5.74, 6) is 0.238. The van der Waals surface area contributed by atoms with Gasteiger partial charge in [-0.15, -0.1) is 0 Å². The van der Waals surface area contributed by atoms with Crippen LogP contribution in [0.5, 0.6) is 5.75 Å². The van der Waals surface area contributed by atoms with Gasteiger partial charge < -0.3 is 15.8 Å². The molecule has 0 saturated carbocycles. The highest BCUT2D eigenvalue weighted by molar-refractivity contribution is 7.92. The Morgan fingerprint density at radius 2 is 1.78 bits per heavy atom. The number of carbonyl (C=O) groups excluding carboxylic acids is 1.